The van der Waals surface area contributed by atoms with Crippen molar-refractivity contribution < 1.29 is 22.7 Å². The van der Waals surface area contributed by atoms with E-state index in [9.17, 15) is 22.7 Å². The summed E-state index contributed by atoms with van der Waals surface area (Å²) in [6.07, 6.45) is -0.455. The van der Waals surface area contributed by atoms with Gasteiger partial charge in [-0.2, -0.15) is 4.31 Å². The minimum Gasteiger partial charge on any atom is -0.387 e. The van der Waals surface area contributed by atoms with Crippen LogP contribution in [0.15, 0.2) is 77.7 Å². The van der Waals surface area contributed by atoms with Gasteiger partial charge in [0.15, 0.2) is 0 Å². The summed E-state index contributed by atoms with van der Waals surface area (Å²) < 4.78 is 41.1. The zero-order valence-corrected chi connectivity index (χ0v) is 18.1. The highest BCUT2D eigenvalue weighted by atomic mass is 32.2. The minimum atomic E-state index is -3.78. The van der Waals surface area contributed by atoms with Gasteiger partial charge in [-0.25, -0.2) is 12.8 Å². The van der Waals surface area contributed by atoms with E-state index in [1.807, 2.05) is 24.3 Å². The molecule has 1 amide bonds. The first-order chi connectivity index (χ1) is 15.3. The van der Waals surface area contributed by atoms with Gasteiger partial charge in [-0.15, -0.1) is 0 Å². The molecule has 2 N–H and O–H groups in total. The molecule has 0 bridgehead atoms. The van der Waals surface area contributed by atoms with E-state index in [1.165, 1.54) is 46.8 Å². The third-order valence-corrected chi connectivity index (χ3v) is 7.36. The Bertz CT molecular complexity index is 1250. The lowest BCUT2D eigenvalue weighted by Gasteiger charge is -2.28. The Morgan fingerprint density at radius 3 is 2.56 bits per heavy atom. The molecule has 1 aliphatic heterocycles. The molecule has 32 heavy (non-hydrogen) atoms. The molecule has 0 saturated carbocycles. The minimum absolute atomic E-state index is 0.0372. The number of aliphatic hydroxyl groups excluding tert-OH is 1. The van der Waals surface area contributed by atoms with Gasteiger partial charge in [-0.1, -0.05) is 42.5 Å². The summed E-state index contributed by atoms with van der Waals surface area (Å²) in [6.45, 7) is 0.520. The van der Waals surface area contributed by atoms with Gasteiger partial charge in [0.2, 0.25) is 10.0 Å². The van der Waals surface area contributed by atoms with Gasteiger partial charge in [0.1, 0.15) is 5.82 Å². The maximum absolute atomic E-state index is 13.3. The Morgan fingerprint density at radius 2 is 1.78 bits per heavy atom. The van der Waals surface area contributed by atoms with E-state index in [0.29, 0.717) is 18.5 Å². The first kappa shape index (κ1) is 22.1. The molecule has 1 heterocycles. The van der Waals surface area contributed by atoms with E-state index in [-0.39, 0.29) is 23.5 Å². The predicted octanol–water partition coefficient (Wildman–Crippen LogP) is 3.04. The number of nitrogens with one attached hydrogen (secondary N) is 1. The number of amides is 1. The highest BCUT2D eigenvalue weighted by Crippen LogP contribution is 2.25. The van der Waals surface area contributed by atoms with Crippen molar-refractivity contribution >= 4 is 15.9 Å². The van der Waals surface area contributed by atoms with Gasteiger partial charge in [0.05, 0.1) is 11.0 Å². The van der Waals surface area contributed by atoms with Crippen LogP contribution in [-0.4, -0.2) is 36.8 Å². The number of aliphatic hydroxyl groups is 1. The molecule has 1 aliphatic rings. The first-order valence-corrected chi connectivity index (χ1v) is 11.7. The van der Waals surface area contributed by atoms with Gasteiger partial charge in [-0.3, -0.25) is 4.79 Å². The number of hydrogen-bond donors (Lipinski definition) is 2. The fraction of sp³-hybridized carbons (Fsp3) is 0.208. The number of carbonyl (C=O) groups excluding carboxylic acids is 1. The van der Waals surface area contributed by atoms with Crippen LogP contribution in [0.5, 0.6) is 0 Å². The molecule has 0 fully saturated rings. The monoisotopic (exact) mass is 454 g/mol. The Balaban J connectivity index is 1.46. The van der Waals surface area contributed by atoms with Gasteiger partial charge in [0.25, 0.3) is 5.91 Å². The first-order valence-electron chi connectivity index (χ1n) is 10.2. The lowest BCUT2D eigenvalue weighted by Crippen LogP contribution is -2.36. The summed E-state index contributed by atoms with van der Waals surface area (Å²) in [6, 6.07) is 19.1. The molecule has 3 aromatic rings. The van der Waals surface area contributed by atoms with E-state index in [4.69, 9.17) is 0 Å². The lowest BCUT2D eigenvalue weighted by atomic mass is 10.0. The molecular weight excluding hydrogens is 431 g/mol. The van der Waals surface area contributed by atoms with Crippen LogP contribution in [0.1, 0.15) is 33.2 Å². The van der Waals surface area contributed by atoms with Gasteiger partial charge in [-0.05, 0) is 53.4 Å². The molecular formula is C24H23FN2O4S. The normalized spacial score (nSPS) is 15.1. The number of rotatable bonds is 6. The zero-order chi connectivity index (χ0) is 22.7. The van der Waals surface area contributed by atoms with E-state index in [0.717, 1.165) is 11.1 Å². The van der Waals surface area contributed by atoms with Crippen molar-refractivity contribution in [3.63, 3.8) is 0 Å². The summed E-state index contributed by atoms with van der Waals surface area (Å²) >= 11 is 0. The largest absolute Gasteiger partial charge is 0.387 e. The second kappa shape index (κ2) is 9.20. The molecule has 3 aromatic carbocycles. The van der Waals surface area contributed by atoms with Crippen LogP contribution in [0.2, 0.25) is 0 Å². The van der Waals surface area contributed by atoms with Crippen molar-refractivity contribution in [3.05, 3.63) is 101 Å². The number of carbonyl (C=O) groups is 1. The Morgan fingerprint density at radius 1 is 1.03 bits per heavy atom. The molecule has 8 heteroatoms. The molecule has 0 aromatic heterocycles. The maximum Gasteiger partial charge on any atom is 0.251 e. The standard InChI is InChI=1S/C24H23FN2O4S/c25-21-9-3-7-18(13-21)23(28)15-26-24(29)19-8-4-10-22(14-19)32(30,31)27-12-11-17-5-1-2-6-20(17)16-27/h1-10,13-14,23,28H,11-12,15-16H2,(H,26,29). The van der Waals surface area contributed by atoms with E-state index >= 15 is 0 Å². The van der Waals surface area contributed by atoms with Crippen molar-refractivity contribution in [2.75, 3.05) is 13.1 Å². The third-order valence-electron chi connectivity index (χ3n) is 5.52. The van der Waals surface area contributed by atoms with Crippen molar-refractivity contribution in [1.82, 2.24) is 9.62 Å². The Hall–Kier alpha value is -3.07. The number of halogens is 1. The fourth-order valence-corrected chi connectivity index (χ4v) is 5.21. The molecule has 1 unspecified atom stereocenters. The molecule has 166 valence electrons. The number of hydrogen-bond acceptors (Lipinski definition) is 4. The third kappa shape index (κ3) is 4.72. The summed E-state index contributed by atoms with van der Waals surface area (Å²) in [5.41, 5.74) is 2.62. The van der Waals surface area contributed by atoms with Crippen molar-refractivity contribution in [2.45, 2.75) is 24.0 Å². The quantitative estimate of drug-likeness (QED) is 0.600. The van der Waals surface area contributed by atoms with Gasteiger partial charge < -0.3 is 10.4 Å². The van der Waals surface area contributed by atoms with Crippen LogP contribution in [0.3, 0.4) is 0 Å². The molecule has 0 radical (unpaired) electrons. The number of fused-ring (bicyclic) bond motifs is 1. The molecule has 0 spiro atoms. The van der Waals surface area contributed by atoms with E-state index < -0.39 is 27.9 Å². The topological polar surface area (TPSA) is 86.7 Å². The Labute approximate surface area is 186 Å². The molecule has 1 atom stereocenters. The fourth-order valence-electron chi connectivity index (χ4n) is 3.75. The highest BCUT2D eigenvalue weighted by molar-refractivity contribution is 7.89. The zero-order valence-electron chi connectivity index (χ0n) is 17.2. The maximum atomic E-state index is 13.3. The van der Waals surface area contributed by atoms with Gasteiger partial charge in [0, 0.05) is 25.2 Å². The molecule has 6 nitrogen and oxygen atoms in total. The van der Waals surface area contributed by atoms with Crippen LogP contribution >= 0.6 is 0 Å². The summed E-state index contributed by atoms with van der Waals surface area (Å²) in [5.74, 6) is -1.01. The second-order valence-corrected chi connectivity index (χ2v) is 9.60. The highest BCUT2D eigenvalue weighted by Gasteiger charge is 2.28. The molecule has 4 rings (SSSR count). The van der Waals surface area contributed by atoms with Crippen molar-refractivity contribution in [3.8, 4) is 0 Å². The lowest BCUT2D eigenvalue weighted by molar-refractivity contribution is 0.0916. The molecule has 0 aliphatic carbocycles. The summed E-state index contributed by atoms with van der Waals surface area (Å²) in [4.78, 5) is 12.6. The van der Waals surface area contributed by atoms with Crippen LogP contribution < -0.4 is 5.32 Å². The van der Waals surface area contributed by atoms with Crippen molar-refractivity contribution in [1.29, 1.82) is 0 Å². The predicted molar refractivity (Wildman–Crippen MR) is 118 cm³/mol. The van der Waals surface area contributed by atoms with Crippen LogP contribution in [0, 0.1) is 5.82 Å². The van der Waals surface area contributed by atoms with Crippen LogP contribution in [0.25, 0.3) is 0 Å². The SMILES string of the molecule is O=C(NCC(O)c1cccc(F)c1)c1cccc(S(=O)(=O)N2CCc3ccccc3C2)c1. The number of benzene rings is 3. The number of nitrogens with zero attached hydrogens (tertiary/aromatic N) is 1. The molecule has 0 saturated heterocycles. The van der Waals surface area contributed by atoms with Crippen LogP contribution in [-0.2, 0) is 23.0 Å². The van der Waals surface area contributed by atoms with E-state index in [2.05, 4.69) is 5.32 Å². The average molecular weight is 455 g/mol. The van der Waals surface area contributed by atoms with Gasteiger partial charge >= 0.3 is 0 Å². The van der Waals surface area contributed by atoms with E-state index in [1.54, 1.807) is 6.07 Å². The summed E-state index contributed by atoms with van der Waals surface area (Å²) in [5, 5.41) is 12.8. The Kier molecular flexibility index (Phi) is 6.36. The van der Waals surface area contributed by atoms with Crippen LogP contribution in [0.4, 0.5) is 4.39 Å². The smallest absolute Gasteiger partial charge is 0.251 e. The number of sulfonamides is 1. The second-order valence-electron chi connectivity index (χ2n) is 7.67. The van der Waals surface area contributed by atoms with Crippen molar-refractivity contribution in [2.24, 2.45) is 0 Å². The average Bonchev–Trinajstić information content (AvgIpc) is 2.82. The summed E-state index contributed by atoms with van der Waals surface area (Å²) in [7, 11) is -3.78.